The minimum absolute atomic E-state index is 0.163. The Morgan fingerprint density at radius 3 is 2.25 bits per heavy atom. The molecule has 0 aliphatic carbocycles. The van der Waals surface area contributed by atoms with Gasteiger partial charge in [-0.05, 0) is 39.2 Å². The molecule has 0 bridgehead atoms. The number of rotatable bonds is 7. The molecular formula is C17H27NO2. The highest BCUT2D eigenvalue weighted by Crippen LogP contribution is 2.30. The molecule has 0 aliphatic heterocycles. The second-order valence-electron chi connectivity index (χ2n) is 5.63. The molecule has 1 aromatic carbocycles. The monoisotopic (exact) mass is 277 g/mol. The van der Waals surface area contributed by atoms with Crippen LogP contribution in [-0.2, 0) is 16.0 Å². The van der Waals surface area contributed by atoms with Crippen LogP contribution in [0.15, 0.2) is 18.2 Å². The first-order valence-electron chi connectivity index (χ1n) is 7.42. The minimum Gasteiger partial charge on any atom is -0.466 e. The number of carbonyl (C=O) groups excluding carboxylic acids is 1. The zero-order valence-electron chi connectivity index (χ0n) is 13.2. The Bertz CT molecular complexity index is 436. The van der Waals surface area contributed by atoms with Crippen LogP contribution in [0.25, 0.3) is 0 Å². The number of aryl methyl sites for hydroxylation is 2. The number of ether oxygens (including phenoxy) is 1. The Labute approximate surface area is 122 Å². The molecule has 0 spiro atoms. The Hall–Kier alpha value is -1.35. The lowest BCUT2D eigenvalue weighted by Crippen LogP contribution is -2.42. The van der Waals surface area contributed by atoms with Crippen LogP contribution < -0.4 is 5.73 Å². The van der Waals surface area contributed by atoms with Gasteiger partial charge in [0.25, 0.3) is 0 Å². The van der Waals surface area contributed by atoms with Gasteiger partial charge in [0.15, 0.2) is 0 Å². The van der Waals surface area contributed by atoms with Gasteiger partial charge in [-0.25, -0.2) is 0 Å². The summed E-state index contributed by atoms with van der Waals surface area (Å²) < 4.78 is 5.26. The second kappa shape index (κ2) is 7.44. The molecule has 0 fully saturated rings. The van der Waals surface area contributed by atoms with Crippen LogP contribution in [0.5, 0.6) is 0 Å². The molecule has 112 valence electrons. The topological polar surface area (TPSA) is 52.3 Å². The zero-order valence-corrected chi connectivity index (χ0v) is 13.2. The summed E-state index contributed by atoms with van der Waals surface area (Å²) in [5.41, 5.74) is 8.95. The maximum absolute atomic E-state index is 12.4. The molecule has 2 N–H and O–H groups in total. The van der Waals surface area contributed by atoms with E-state index in [2.05, 4.69) is 39.0 Å². The van der Waals surface area contributed by atoms with Crippen molar-refractivity contribution in [1.29, 1.82) is 0 Å². The number of benzene rings is 1. The highest BCUT2D eigenvalue weighted by molar-refractivity contribution is 5.77. The van der Waals surface area contributed by atoms with Crippen molar-refractivity contribution >= 4 is 5.97 Å². The average Bonchev–Trinajstić information content (AvgIpc) is 2.37. The molecule has 20 heavy (non-hydrogen) atoms. The van der Waals surface area contributed by atoms with E-state index in [0.29, 0.717) is 19.6 Å². The van der Waals surface area contributed by atoms with Gasteiger partial charge >= 0.3 is 5.97 Å². The molecule has 0 radical (unpaired) electrons. The first-order chi connectivity index (χ1) is 9.47. The van der Waals surface area contributed by atoms with Crippen LogP contribution in [0.2, 0.25) is 0 Å². The fraction of sp³-hybridized carbons (Fsp3) is 0.588. The van der Waals surface area contributed by atoms with Gasteiger partial charge in [0, 0.05) is 6.54 Å². The van der Waals surface area contributed by atoms with Gasteiger partial charge < -0.3 is 10.5 Å². The van der Waals surface area contributed by atoms with Crippen molar-refractivity contribution in [2.75, 3.05) is 13.2 Å². The molecule has 0 aromatic heterocycles. The second-order valence-corrected chi connectivity index (χ2v) is 5.63. The third kappa shape index (κ3) is 4.07. The van der Waals surface area contributed by atoms with E-state index >= 15 is 0 Å². The highest BCUT2D eigenvalue weighted by Gasteiger charge is 2.37. The van der Waals surface area contributed by atoms with Crippen LogP contribution >= 0.6 is 0 Å². The third-order valence-corrected chi connectivity index (χ3v) is 3.65. The summed E-state index contributed by atoms with van der Waals surface area (Å²) in [6.07, 6.45) is 2.33. The summed E-state index contributed by atoms with van der Waals surface area (Å²) in [7, 11) is 0. The van der Waals surface area contributed by atoms with Crippen LogP contribution in [0.1, 0.15) is 43.4 Å². The molecular weight excluding hydrogens is 250 g/mol. The van der Waals surface area contributed by atoms with Crippen LogP contribution in [0.4, 0.5) is 0 Å². The van der Waals surface area contributed by atoms with Gasteiger partial charge in [0.1, 0.15) is 0 Å². The van der Waals surface area contributed by atoms with Gasteiger partial charge in [-0.1, -0.05) is 42.7 Å². The van der Waals surface area contributed by atoms with E-state index in [1.165, 1.54) is 11.1 Å². The van der Waals surface area contributed by atoms with Gasteiger partial charge in [0.05, 0.1) is 12.0 Å². The van der Waals surface area contributed by atoms with Crippen molar-refractivity contribution in [3.8, 4) is 0 Å². The Balaban J connectivity index is 3.07. The lowest BCUT2D eigenvalue weighted by molar-refractivity contribution is -0.155. The number of hydrogen-bond donors (Lipinski definition) is 1. The molecule has 0 aliphatic rings. The molecule has 0 saturated carbocycles. The Kier molecular flexibility index (Phi) is 6.21. The summed E-state index contributed by atoms with van der Waals surface area (Å²) in [6, 6.07) is 6.40. The Morgan fingerprint density at radius 2 is 1.80 bits per heavy atom. The highest BCUT2D eigenvalue weighted by atomic mass is 16.5. The lowest BCUT2D eigenvalue weighted by Gasteiger charge is -2.30. The van der Waals surface area contributed by atoms with E-state index in [1.54, 1.807) is 0 Å². The molecule has 3 heteroatoms. The normalized spacial score (nSPS) is 13.8. The molecule has 1 unspecified atom stereocenters. The number of carbonyl (C=O) groups is 1. The Morgan fingerprint density at radius 1 is 1.20 bits per heavy atom. The zero-order chi connectivity index (χ0) is 15.2. The predicted octanol–water partition coefficient (Wildman–Crippen LogP) is 3.15. The molecule has 1 aromatic rings. The van der Waals surface area contributed by atoms with Gasteiger partial charge in [-0.3, -0.25) is 4.79 Å². The van der Waals surface area contributed by atoms with E-state index in [9.17, 15) is 4.79 Å². The fourth-order valence-electron chi connectivity index (χ4n) is 2.84. The van der Waals surface area contributed by atoms with Crippen molar-refractivity contribution in [3.63, 3.8) is 0 Å². The molecule has 0 saturated heterocycles. The van der Waals surface area contributed by atoms with Crippen molar-refractivity contribution in [3.05, 3.63) is 34.9 Å². The van der Waals surface area contributed by atoms with Gasteiger partial charge in [-0.15, -0.1) is 0 Å². The maximum Gasteiger partial charge on any atom is 0.313 e. The minimum atomic E-state index is -0.592. The SMILES string of the molecule is CCCC(CN)(Cc1cc(C)cc(C)c1)C(=O)OCC. The van der Waals surface area contributed by atoms with Crippen molar-refractivity contribution in [2.45, 2.75) is 47.0 Å². The van der Waals surface area contributed by atoms with E-state index in [0.717, 1.165) is 18.4 Å². The summed E-state index contributed by atoms with van der Waals surface area (Å²) in [5, 5.41) is 0. The molecule has 0 heterocycles. The van der Waals surface area contributed by atoms with Crippen LogP contribution in [-0.4, -0.2) is 19.1 Å². The molecule has 1 atom stereocenters. The number of nitrogens with two attached hydrogens (primary N) is 1. The van der Waals surface area contributed by atoms with Crippen molar-refractivity contribution in [2.24, 2.45) is 11.1 Å². The quantitative estimate of drug-likeness (QED) is 0.779. The summed E-state index contributed by atoms with van der Waals surface area (Å²) >= 11 is 0. The largest absolute Gasteiger partial charge is 0.466 e. The van der Waals surface area contributed by atoms with Crippen molar-refractivity contribution in [1.82, 2.24) is 0 Å². The average molecular weight is 277 g/mol. The van der Waals surface area contributed by atoms with Crippen LogP contribution in [0, 0.1) is 19.3 Å². The van der Waals surface area contributed by atoms with Crippen molar-refractivity contribution < 1.29 is 9.53 Å². The molecule has 1 rings (SSSR count). The molecule has 3 nitrogen and oxygen atoms in total. The standard InChI is InChI=1S/C17H27NO2/c1-5-7-17(12-18,16(19)20-6-2)11-15-9-13(3)8-14(4)10-15/h8-10H,5-7,11-12,18H2,1-4H3. The van der Waals surface area contributed by atoms with E-state index < -0.39 is 5.41 Å². The fourth-order valence-corrected chi connectivity index (χ4v) is 2.84. The first-order valence-corrected chi connectivity index (χ1v) is 7.42. The first kappa shape index (κ1) is 16.7. The van der Waals surface area contributed by atoms with Gasteiger partial charge in [0.2, 0.25) is 0 Å². The summed E-state index contributed by atoms with van der Waals surface area (Å²) in [6.45, 7) is 8.78. The number of esters is 1. The van der Waals surface area contributed by atoms with E-state index in [-0.39, 0.29) is 5.97 Å². The summed E-state index contributed by atoms with van der Waals surface area (Å²) in [4.78, 5) is 12.4. The smallest absolute Gasteiger partial charge is 0.313 e. The van der Waals surface area contributed by atoms with E-state index in [4.69, 9.17) is 10.5 Å². The predicted molar refractivity (Wildman–Crippen MR) is 82.6 cm³/mol. The third-order valence-electron chi connectivity index (χ3n) is 3.65. The maximum atomic E-state index is 12.4. The summed E-state index contributed by atoms with van der Waals surface area (Å²) in [5.74, 6) is -0.163. The van der Waals surface area contributed by atoms with Gasteiger partial charge in [-0.2, -0.15) is 0 Å². The van der Waals surface area contributed by atoms with E-state index in [1.807, 2.05) is 6.92 Å². The molecule has 0 amide bonds. The lowest BCUT2D eigenvalue weighted by atomic mass is 9.77. The number of hydrogen-bond acceptors (Lipinski definition) is 3. The van der Waals surface area contributed by atoms with Crippen LogP contribution in [0.3, 0.4) is 0 Å².